The van der Waals surface area contributed by atoms with E-state index in [9.17, 15) is 19.2 Å². The third-order valence-corrected chi connectivity index (χ3v) is 21.4. The number of pyridine rings is 2. The van der Waals surface area contributed by atoms with Crippen LogP contribution in [-0.4, -0.2) is 93.7 Å². The Bertz CT molecular complexity index is 4020. The molecule has 14 heteroatoms. The number of rotatable bonds is 15. The topological polar surface area (TPSA) is 177 Å². The number of piperidine rings is 2. The minimum Gasteiger partial charge on any atom is -0.398 e. The molecule has 0 radical (unpaired) electrons. The molecule has 2 N–H and O–H groups in total. The van der Waals surface area contributed by atoms with E-state index in [1.54, 1.807) is 24.4 Å². The van der Waals surface area contributed by atoms with Crippen LogP contribution in [0.2, 0.25) is 5.15 Å². The quantitative estimate of drug-likeness (QED) is 0.0450. The number of halogens is 1. The van der Waals surface area contributed by atoms with Crippen molar-refractivity contribution in [3.05, 3.63) is 242 Å². The SMILES string of the molecule is CC(C)CC(=O)c1ccc(Cl)nc1.CN(C)c1ccccc1-c1ccccc1P(C(C)(C)C)C(C)(C)C.Cc1ccc(C(=O)N2CCC(c3ccc(C#N)cc3)CC2)cc1Cc1ccc(C(=O)CC(C)C)cn1.Cc1ccc(C(=O)N2CCC(c3ccc(C#N)cc3)CC2)cc1N. The Hall–Kier alpha value is -8.80. The van der Waals surface area contributed by atoms with Crippen LogP contribution in [0.5, 0.6) is 0 Å². The van der Waals surface area contributed by atoms with Crippen LogP contribution in [0.25, 0.3) is 11.1 Å². The van der Waals surface area contributed by atoms with Crippen molar-refractivity contribution in [1.82, 2.24) is 19.8 Å². The number of nitriles is 2. The van der Waals surface area contributed by atoms with Crippen molar-refractivity contribution in [1.29, 1.82) is 10.5 Å². The second kappa shape index (κ2) is 34.9. The molecule has 2 aliphatic rings. The molecule has 0 spiro atoms. The molecule has 2 aliphatic heterocycles. The molecule has 2 amide bonds. The van der Waals surface area contributed by atoms with E-state index in [2.05, 4.69) is 131 Å². The van der Waals surface area contributed by atoms with Gasteiger partial charge < -0.3 is 20.4 Å². The average molecular weight is 1340 g/mol. The molecule has 2 aromatic heterocycles. The lowest BCUT2D eigenvalue weighted by molar-refractivity contribution is 0.0705. The summed E-state index contributed by atoms with van der Waals surface area (Å²) in [5.74, 6) is 1.93. The molecule has 10 rings (SSSR count). The molecule has 0 atom stereocenters. The van der Waals surface area contributed by atoms with Crippen molar-refractivity contribution < 1.29 is 19.2 Å². The number of nitrogens with zero attached hydrogens (tertiary/aromatic N) is 7. The molecule has 0 unspecified atom stereocenters. The molecule has 2 saturated heterocycles. The molecular formula is C83H98ClN8O4P. The number of carbonyl (C=O) groups excluding carboxylic acids is 4. The molecule has 0 saturated carbocycles. The van der Waals surface area contributed by atoms with Crippen molar-refractivity contribution in [2.45, 2.75) is 150 Å². The fraction of sp³-hybridized carbons (Fsp3) is 0.373. The first-order valence-electron chi connectivity index (χ1n) is 33.9. The third kappa shape index (κ3) is 21.6. The largest absolute Gasteiger partial charge is 0.398 e. The van der Waals surface area contributed by atoms with Crippen LogP contribution in [0.15, 0.2) is 170 Å². The number of hydrogen-bond acceptors (Lipinski definition) is 10. The van der Waals surface area contributed by atoms with Gasteiger partial charge in [0.25, 0.3) is 11.8 Å². The highest BCUT2D eigenvalue weighted by molar-refractivity contribution is 7.68. The second-order valence-corrected chi connectivity index (χ2v) is 32.8. The van der Waals surface area contributed by atoms with E-state index in [4.69, 9.17) is 27.9 Å². The number of benzene rings is 6. The van der Waals surface area contributed by atoms with Crippen LogP contribution < -0.4 is 15.9 Å². The van der Waals surface area contributed by atoms with E-state index in [1.807, 2.05) is 142 Å². The van der Waals surface area contributed by atoms with E-state index in [0.29, 0.717) is 87.2 Å². The van der Waals surface area contributed by atoms with E-state index in [0.717, 1.165) is 74.2 Å². The highest BCUT2D eigenvalue weighted by atomic mass is 35.5. The minimum atomic E-state index is -0.332. The summed E-state index contributed by atoms with van der Waals surface area (Å²) in [6, 6.07) is 56.2. The first kappa shape index (κ1) is 75.6. The second-order valence-electron chi connectivity index (χ2n) is 28.5. The number of nitrogen functional groups attached to an aromatic ring is 1. The van der Waals surface area contributed by atoms with Gasteiger partial charge in [-0.2, -0.15) is 10.5 Å². The zero-order valence-corrected chi connectivity index (χ0v) is 61.1. The van der Waals surface area contributed by atoms with Gasteiger partial charge in [-0.3, -0.25) is 24.2 Å². The number of para-hydroxylation sites is 1. The van der Waals surface area contributed by atoms with Crippen molar-refractivity contribution in [2.75, 3.05) is 50.9 Å². The summed E-state index contributed by atoms with van der Waals surface area (Å²) in [6.45, 7) is 29.4. The summed E-state index contributed by atoms with van der Waals surface area (Å²) in [6.07, 6.45) is 8.61. The monoisotopic (exact) mass is 1340 g/mol. The van der Waals surface area contributed by atoms with Gasteiger partial charge in [0.15, 0.2) is 11.6 Å². The van der Waals surface area contributed by atoms with E-state index < -0.39 is 0 Å². The average Bonchev–Trinajstić information content (AvgIpc) is 0.777. The molecule has 0 bridgehead atoms. The number of anilines is 2. The maximum atomic E-state index is 13.3. The zero-order chi connectivity index (χ0) is 70.7. The van der Waals surface area contributed by atoms with Gasteiger partial charge in [-0.1, -0.05) is 168 Å². The lowest BCUT2D eigenvalue weighted by Gasteiger charge is -2.43. The minimum absolute atomic E-state index is 0.0555. The lowest BCUT2D eigenvalue weighted by atomic mass is 9.88. The Morgan fingerprint density at radius 1 is 0.567 bits per heavy atom. The number of amides is 2. The van der Waals surface area contributed by atoms with Crippen LogP contribution >= 0.6 is 19.5 Å². The normalized spacial score (nSPS) is 13.4. The maximum Gasteiger partial charge on any atom is 0.253 e. The van der Waals surface area contributed by atoms with E-state index >= 15 is 0 Å². The van der Waals surface area contributed by atoms with Gasteiger partial charge >= 0.3 is 0 Å². The number of nitrogens with two attached hydrogens (primary N) is 1. The number of ketones is 2. The van der Waals surface area contributed by atoms with Gasteiger partial charge in [-0.05, 0) is 191 Å². The number of Topliss-reactive ketones (excluding diaryl/α,β-unsaturated/α-hetero) is 2. The van der Waals surface area contributed by atoms with Crippen LogP contribution in [0.1, 0.15) is 206 Å². The first-order chi connectivity index (χ1) is 46.0. The summed E-state index contributed by atoms with van der Waals surface area (Å²) < 4.78 is 0. The smallest absolute Gasteiger partial charge is 0.253 e. The van der Waals surface area contributed by atoms with E-state index in [-0.39, 0.29) is 41.6 Å². The van der Waals surface area contributed by atoms with E-state index in [1.165, 1.54) is 39.4 Å². The number of hydrogen-bond donors (Lipinski definition) is 1. The summed E-state index contributed by atoms with van der Waals surface area (Å²) >= 11 is 5.60. The molecule has 4 heterocycles. The van der Waals surface area contributed by atoms with Gasteiger partial charge in [-0.15, -0.1) is 0 Å². The Balaban J connectivity index is 0.000000192. The van der Waals surface area contributed by atoms with Gasteiger partial charge in [0, 0.05) is 117 Å². The van der Waals surface area contributed by atoms with Crippen LogP contribution in [0.3, 0.4) is 0 Å². The number of carbonyl (C=O) groups is 4. The lowest BCUT2D eigenvalue weighted by Crippen LogP contribution is -2.38. The molecule has 8 aromatic rings. The van der Waals surface area contributed by atoms with Crippen LogP contribution in [0.4, 0.5) is 11.4 Å². The fourth-order valence-electron chi connectivity index (χ4n) is 12.7. The predicted molar refractivity (Wildman–Crippen MR) is 401 cm³/mol. The zero-order valence-electron chi connectivity index (χ0n) is 59.4. The molecule has 6 aromatic carbocycles. The Labute approximate surface area is 584 Å². The number of likely N-dealkylation sites (tertiary alicyclic amines) is 2. The third-order valence-electron chi connectivity index (χ3n) is 17.6. The van der Waals surface area contributed by atoms with Gasteiger partial charge in [-0.25, -0.2) is 4.98 Å². The number of aromatic nitrogens is 2. The Kier molecular flexibility index (Phi) is 27.2. The number of aryl methyl sites for hydroxylation is 2. The molecule has 506 valence electrons. The molecule has 0 aliphatic carbocycles. The molecule has 2 fully saturated rings. The standard InChI is InChI=1S/C31H33N3O2.C22H32NP.C20H21N3O.C10H12ClNO/c1-21(2)16-30(35)27-10-11-29(33-20-27)18-28-17-26(7-4-22(28)3)31(36)34-14-12-25(13-15-34)24-8-5-23(19-32)6-9-24;1-21(2,3)24(22(4,5)6)20-16-12-10-14-18(20)17-13-9-11-15-19(17)23(7)8;1-14-2-5-18(12-19(14)22)20(24)23-10-8-17(9-11-23)16-6-3-15(13-21)4-7-16;1-7(2)5-9(13)8-3-4-10(11)12-6-8/h4-11,17,20-21,25H,12-16,18H2,1-3H3;9-16H,1-8H3;2-7,12,17H,8-11,22H2,1H3;3-4,6-7H,5H2,1-2H3. The first-order valence-corrected chi connectivity index (χ1v) is 35.6. The molecular weight excluding hydrogens is 1240 g/mol. The summed E-state index contributed by atoms with van der Waals surface area (Å²) in [5.41, 5.74) is 21.1. The Morgan fingerprint density at radius 3 is 1.42 bits per heavy atom. The predicted octanol–water partition coefficient (Wildman–Crippen LogP) is 18.7. The van der Waals surface area contributed by atoms with Crippen LogP contribution in [-0.2, 0) is 6.42 Å². The summed E-state index contributed by atoms with van der Waals surface area (Å²) in [7, 11) is 3.91. The molecule has 97 heavy (non-hydrogen) atoms. The van der Waals surface area contributed by atoms with Gasteiger partial charge in [0.1, 0.15) is 5.15 Å². The van der Waals surface area contributed by atoms with Crippen molar-refractivity contribution in [2.24, 2.45) is 11.8 Å². The fourth-order valence-corrected chi connectivity index (χ4v) is 17.0. The highest BCUT2D eigenvalue weighted by Gasteiger charge is 2.37. The van der Waals surface area contributed by atoms with Gasteiger partial charge in [0.05, 0.1) is 23.3 Å². The Morgan fingerprint density at radius 2 is 1.00 bits per heavy atom. The van der Waals surface area contributed by atoms with Crippen molar-refractivity contribution in [3.63, 3.8) is 0 Å². The molecule has 12 nitrogen and oxygen atoms in total. The highest BCUT2D eigenvalue weighted by Crippen LogP contribution is 2.59. The van der Waals surface area contributed by atoms with Crippen LogP contribution in [0, 0.1) is 48.3 Å². The van der Waals surface area contributed by atoms with Crippen molar-refractivity contribution in [3.8, 4) is 23.3 Å². The summed E-state index contributed by atoms with van der Waals surface area (Å²) in [4.78, 5) is 64.1. The van der Waals surface area contributed by atoms with Gasteiger partial charge in [0.2, 0.25) is 0 Å². The van der Waals surface area contributed by atoms with Crippen molar-refractivity contribution >= 4 is 59.6 Å². The maximum absolute atomic E-state index is 13.3. The summed E-state index contributed by atoms with van der Waals surface area (Å²) in [5, 5.41) is 20.3.